The first-order valence-electron chi connectivity index (χ1n) is 7.74. The van der Waals surface area contributed by atoms with E-state index in [1.165, 1.54) is 35.2 Å². The second-order valence-corrected chi connectivity index (χ2v) is 7.27. The van der Waals surface area contributed by atoms with E-state index in [2.05, 4.69) is 10.6 Å². The smallest absolute Gasteiger partial charge is 0.265 e. The van der Waals surface area contributed by atoms with Crippen molar-refractivity contribution >= 4 is 46.3 Å². The van der Waals surface area contributed by atoms with Gasteiger partial charge in [0.2, 0.25) is 5.91 Å². The lowest BCUT2D eigenvalue weighted by Gasteiger charge is -2.08. The fourth-order valence-electron chi connectivity index (χ4n) is 2.16. The first-order chi connectivity index (χ1) is 12.6. The Kier molecular flexibility index (Phi) is 6.04. The number of thiophene rings is 1. The Morgan fingerprint density at radius 1 is 1.00 bits per heavy atom. The number of amides is 2. The lowest BCUT2D eigenvalue weighted by molar-refractivity contribution is -0.113. The van der Waals surface area contributed by atoms with Crippen LogP contribution in [0.4, 0.5) is 15.8 Å². The standard InChI is InChI=1S/C19H15FN2O2S2/c20-15-7-1-2-8-16(15)22-18(23)12-26-14-6-3-5-13(11-14)21-19(24)17-9-4-10-25-17/h1-11H,12H2,(H,21,24)(H,22,23). The maximum absolute atomic E-state index is 13.5. The fraction of sp³-hybridized carbons (Fsp3) is 0.0526. The van der Waals surface area contributed by atoms with Crippen LogP contribution in [0.5, 0.6) is 0 Å². The zero-order chi connectivity index (χ0) is 18.4. The van der Waals surface area contributed by atoms with Gasteiger partial charge in [-0.05, 0) is 41.8 Å². The number of anilines is 2. The lowest BCUT2D eigenvalue weighted by Crippen LogP contribution is -2.15. The molecule has 0 unspecified atom stereocenters. The zero-order valence-electron chi connectivity index (χ0n) is 13.6. The van der Waals surface area contributed by atoms with Crippen molar-refractivity contribution in [3.05, 3.63) is 76.7 Å². The summed E-state index contributed by atoms with van der Waals surface area (Å²) in [6.07, 6.45) is 0. The molecular weight excluding hydrogens is 371 g/mol. The van der Waals surface area contributed by atoms with Crippen LogP contribution in [-0.2, 0) is 4.79 Å². The molecule has 0 saturated heterocycles. The van der Waals surface area contributed by atoms with E-state index in [-0.39, 0.29) is 23.3 Å². The van der Waals surface area contributed by atoms with Gasteiger partial charge in [0.15, 0.2) is 0 Å². The van der Waals surface area contributed by atoms with Crippen LogP contribution in [0.1, 0.15) is 9.67 Å². The highest BCUT2D eigenvalue weighted by Crippen LogP contribution is 2.23. The minimum Gasteiger partial charge on any atom is -0.323 e. The molecule has 3 aromatic rings. The Morgan fingerprint density at radius 3 is 2.62 bits per heavy atom. The van der Waals surface area contributed by atoms with Crippen molar-refractivity contribution in [3.63, 3.8) is 0 Å². The molecule has 0 atom stereocenters. The van der Waals surface area contributed by atoms with Crippen LogP contribution in [0.3, 0.4) is 0 Å². The molecule has 4 nitrogen and oxygen atoms in total. The van der Waals surface area contributed by atoms with Crippen molar-refractivity contribution in [1.82, 2.24) is 0 Å². The van der Waals surface area contributed by atoms with Crippen LogP contribution in [0.15, 0.2) is 70.9 Å². The second-order valence-electron chi connectivity index (χ2n) is 5.28. The molecule has 3 rings (SSSR count). The molecule has 0 aliphatic heterocycles. The average molecular weight is 386 g/mol. The number of hydrogen-bond donors (Lipinski definition) is 2. The number of hydrogen-bond acceptors (Lipinski definition) is 4. The Balaban J connectivity index is 1.56. The molecule has 132 valence electrons. The quantitative estimate of drug-likeness (QED) is 0.594. The number of halogens is 1. The van der Waals surface area contributed by atoms with Crippen molar-refractivity contribution < 1.29 is 14.0 Å². The molecule has 26 heavy (non-hydrogen) atoms. The van der Waals surface area contributed by atoms with Gasteiger partial charge in [0.05, 0.1) is 16.3 Å². The number of nitrogens with one attached hydrogen (secondary N) is 2. The fourth-order valence-corrected chi connectivity index (χ4v) is 3.54. The number of rotatable bonds is 6. The van der Waals surface area contributed by atoms with Gasteiger partial charge in [0.25, 0.3) is 5.91 Å². The number of para-hydroxylation sites is 1. The van der Waals surface area contributed by atoms with Gasteiger partial charge in [-0.25, -0.2) is 4.39 Å². The Labute approximate surface area is 158 Å². The molecule has 0 radical (unpaired) electrons. The number of carbonyl (C=O) groups is 2. The van der Waals surface area contributed by atoms with E-state index in [1.54, 1.807) is 36.4 Å². The zero-order valence-corrected chi connectivity index (χ0v) is 15.2. The average Bonchev–Trinajstić information content (AvgIpc) is 3.17. The Hall–Kier alpha value is -2.64. The van der Waals surface area contributed by atoms with Crippen molar-refractivity contribution in [1.29, 1.82) is 0 Å². The van der Waals surface area contributed by atoms with Crippen molar-refractivity contribution in [2.24, 2.45) is 0 Å². The van der Waals surface area contributed by atoms with E-state index in [0.717, 1.165) is 4.90 Å². The maximum Gasteiger partial charge on any atom is 0.265 e. The molecule has 1 heterocycles. The van der Waals surface area contributed by atoms with Crippen LogP contribution in [0, 0.1) is 5.82 Å². The normalized spacial score (nSPS) is 10.3. The molecule has 0 aliphatic rings. The molecule has 2 amide bonds. The Bertz CT molecular complexity index is 913. The summed E-state index contributed by atoms with van der Waals surface area (Å²) in [6, 6.07) is 16.8. The maximum atomic E-state index is 13.5. The van der Waals surface area contributed by atoms with Gasteiger partial charge in [-0.15, -0.1) is 23.1 Å². The summed E-state index contributed by atoms with van der Waals surface area (Å²) < 4.78 is 13.5. The Morgan fingerprint density at radius 2 is 1.85 bits per heavy atom. The first-order valence-corrected chi connectivity index (χ1v) is 9.60. The monoisotopic (exact) mass is 386 g/mol. The molecular formula is C19H15FN2O2S2. The van der Waals surface area contributed by atoms with E-state index in [0.29, 0.717) is 10.6 Å². The van der Waals surface area contributed by atoms with E-state index in [1.807, 2.05) is 17.5 Å². The van der Waals surface area contributed by atoms with Gasteiger partial charge in [-0.3, -0.25) is 9.59 Å². The third-order valence-electron chi connectivity index (χ3n) is 3.35. The van der Waals surface area contributed by atoms with Crippen molar-refractivity contribution in [3.8, 4) is 0 Å². The topological polar surface area (TPSA) is 58.2 Å². The van der Waals surface area contributed by atoms with Gasteiger partial charge < -0.3 is 10.6 Å². The summed E-state index contributed by atoms with van der Waals surface area (Å²) >= 11 is 2.68. The minimum absolute atomic E-state index is 0.136. The summed E-state index contributed by atoms with van der Waals surface area (Å²) in [6.45, 7) is 0. The molecule has 0 aliphatic carbocycles. The largest absolute Gasteiger partial charge is 0.323 e. The molecule has 2 aromatic carbocycles. The number of carbonyl (C=O) groups excluding carboxylic acids is 2. The third kappa shape index (κ3) is 4.93. The van der Waals surface area contributed by atoms with Crippen LogP contribution in [0.2, 0.25) is 0 Å². The molecule has 0 fully saturated rings. The second kappa shape index (κ2) is 8.64. The molecule has 7 heteroatoms. The van der Waals surface area contributed by atoms with Crippen LogP contribution in [0.25, 0.3) is 0 Å². The highest BCUT2D eigenvalue weighted by molar-refractivity contribution is 8.00. The van der Waals surface area contributed by atoms with Gasteiger partial charge >= 0.3 is 0 Å². The van der Waals surface area contributed by atoms with Gasteiger partial charge in [0, 0.05) is 10.6 Å². The number of thioether (sulfide) groups is 1. The first kappa shape index (κ1) is 18.2. The predicted molar refractivity (Wildman–Crippen MR) is 104 cm³/mol. The summed E-state index contributed by atoms with van der Waals surface area (Å²) in [5.41, 5.74) is 0.818. The molecule has 1 aromatic heterocycles. The number of benzene rings is 2. The summed E-state index contributed by atoms with van der Waals surface area (Å²) in [5.74, 6) is -0.798. The van der Waals surface area contributed by atoms with E-state index in [4.69, 9.17) is 0 Å². The van der Waals surface area contributed by atoms with E-state index >= 15 is 0 Å². The van der Waals surface area contributed by atoms with Crippen molar-refractivity contribution in [2.45, 2.75) is 4.90 Å². The summed E-state index contributed by atoms with van der Waals surface area (Å²) in [7, 11) is 0. The molecule has 0 saturated carbocycles. The van der Waals surface area contributed by atoms with Gasteiger partial charge in [-0.2, -0.15) is 0 Å². The highest BCUT2D eigenvalue weighted by Gasteiger charge is 2.09. The molecule has 2 N–H and O–H groups in total. The molecule has 0 bridgehead atoms. The van der Waals surface area contributed by atoms with Gasteiger partial charge in [-0.1, -0.05) is 24.3 Å². The predicted octanol–water partition coefficient (Wildman–Crippen LogP) is 4.87. The van der Waals surface area contributed by atoms with Crippen molar-refractivity contribution in [2.75, 3.05) is 16.4 Å². The van der Waals surface area contributed by atoms with Gasteiger partial charge in [0.1, 0.15) is 5.82 Å². The van der Waals surface area contributed by atoms with Crippen LogP contribution < -0.4 is 10.6 Å². The van der Waals surface area contributed by atoms with Crippen LogP contribution in [-0.4, -0.2) is 17.6 Å². The third-order valence-corrected chi connectivity index (χ3v) is 5.22. The summed E-state index contributed by atoms with van der Waals surface area (Å²) in [4.78, 5) is 25.5. The highest BCUT2D eigenvalue weighted by atomic mass is 32.2. The minimum atomic E-state index is -0.468. The molecule has 0 spiro atoms. The van der Waals surface area contributed by atoms with E-state index < -0.39 is 5.82 Å². The lowest BCUT2D eigenvalue weighted by atomic mass is 10.3. The summed E-state index contributed by atoms with van der Waals surface area (Å²) in [5, 5.41) is 7.21. The van der Waals surface area contributed by atoms with Crippen LogP contribution >= 0.6 is 23.1 Å². The van der Waals surface area contributed by atoms with E-state index in [9.17, 15) is 14.0 Å². The SMILES string of the molecule is O=C(CSc1cccc(NC(=O)c2cccs2)c1)Nc1ccccc1F.